The van der Waals surface area contributed by atoms with Gasteiger partial charge in [0.05, 0.1) is 34.5 Å². The molecule has 0 aliphatic carbocycles. The molecule has 0 saturated heterocycles. The van der Waals surface area contributed by atoms with Gasteiger partial charge in [-0.05, 0) is 30.7 Å². The average Bonchev–Trinajstić information content (AvgIpc) is 2.91. The Bertz CT molecular complexity index is 926. The van der Waals surface area contributed by atoms with E-state index < -0.39 is 11.7 Å². The van der Waals surface area contributed by atoms with E-state index in [1.165, 1.54) is 17.8 Å². The lowest BCUT2D eigenvalue weighted by atomic mass is 10.2. The second-order valence-electron chi connectivity index (χ2n) is 5.56. The van der Waals surface area contributed by atoms with E-state index in [9.17, 15) is 13.2 Å². The third-order valence-electron chi connectivity index (χ3n) is 3.69. The summed E-state index contributed by atoms with van der Waals surface area (Å²) < 4.78 is 40.7. The zero-order chi connectivity index (χ0) is 18.0. The van der Waals surface area contributed by atoms with Crippen molar-refractivity contribution < 1.29 is 13.2 Å². The zero-order valence-electron chi connectivity index (χ0n) is 13.3. The monoisotopic (exact) mass is 361 g/mol. The Morgan fingerprint density at radius 3 is 2.56 bits per heavy atom. The molecule has 1 atom stereocenters. The summed E-state index contributed by atoms with van der Waals surface area (Å²) in [5.41, 5.74) is 1.17. The van der Waals surface area contributed by atoms with Crippen LogP contribution in [0.15, 0.2) is 53.7 Å². The lowest BCUT2D eigenvalue weighted by Gasteiger charge is -2.10. The first kappa shape index (κ1) is 17.4. The van der Waals surface area contributed by atoms with Gasteiger partial charge in [0.2, 0.25) is 0 Å². The van der Waals surface area contributed by atoms with Gasteiger partial charge >= 0.3 is 6.18 Å². The molecule has 3 aromatic rings. The lowest BCUT2D eigenvalue weighted by molar-refractivity contribution is -0.137. The molecule has 128 valence electrons. The van der Waals surface area contributed by atoms with E-state index in [0.717, 1.165) is 17.7 Å². The van der Waals surface area contributed by atoms with E-state index in [-0.39, 0.29) is 10.8 Å². The van der Waals surface area contributed by atoms with Crippen LogP contribution in [0.25, 0.3) is 11.0 Å². The summed E-state index contributed by atoms with van der Waals surface area (Å²) in [6.45, 7) is 2.21. The third kappa shape index (κ3) is 3.80. The van der Waals surface area contributed by atoms with Crippen molar-refractivity contribution in [2.24, 2.45) is 0 Å². The summed E-state index contributed by atoms with van der Waals surface area (Å²) in [5.74, 6) is 0. The number of nitrogens with zero attached hydrogens (tertiary/aromatic N) is 3. The molecule has 0 fully saturated rings. The van der Waals surface area contributed by atoms with Crippen LogP contribution in [0.4, 0.5) is 13.2 Å². The number of nitriles is 1. The molecule has 3 rings (SSSR count). The molecule has 0 radical (unpaired) electrons. The maximum absolute atomic E-state index is 13.0. The van der Waals surface area contributed by atoms with Crippen LogP contribution in [0, 0.1) is 11.3 Å². The highest BCUT2D eigenvalue weighted by Crippen LogP contribution is 2.33. The number of benzene rings is 2. The summed E-state index contributed by atoms with van der Waals surface area (Å²) in [6.07, 6.45) is -4.41. The Kier molecular flexibility index (Phi) is 4.73. The molecule has 2 aromatic carbocycles. The Hall–Kier alpha value is -2.46. The van der Waals surface area contributed by atoms with E-state index in [1.54, 1.807) is 6.92 Å². The highest BCUT2D eigenvalue weighted by atomic mass is 32.2. The Morgan fingerprint density at radius 1 is 1.20 bits per heavy atom. The fourth-order valence-corrected chi connectivity index (χ4v) is 3.29. The molecule has 25 heavy (non-hydrogen) atoms. The maximum Gasteiger partial charge on any atom is 0.416 e. The third-order valence-corrected chi connectivity index (χ3v) is 4.67. The van der Waals surface area contributed by atoms with Crippen LogP contribution in [-0.4, -0.2) is 14.8 Å². The second-order valence-corrected chi connectivity index (χ2v) is 6.86. The number of thioether (sulfide) groups is 1. The van der Waals surface area contributed by atoms with Gasteiger partial charge in [-0.25, -0.2) is 4.98 Å². The van der Waals surface area contributed by atoms with E-state index >= 15 is 0 Å². The fourth-order valence-electron chi connectivity index (χ4n) is 2.48. The van der Waals surface area contributed by atoms with Crippen molar-refractivity contribution in [2.75, 3.05) is 0 Å². The van der Waals surface area contributed by atoms with Crippen LogP contribution >= 0.6 is 11.8 Å². The van der Waals surface area contributed by atoms with Crippen molar-refractivity contribution in [1.29, 1.82) is 5.26 Å². The van der Waals surface area contributed by atoms with E-state index in [1.807, 2.05) is 34.9 Å². The first-order chi connectivity index (χ1) is 11.9. The Labute approximate surface area is 147 Å². The van der Waals surface area contributed by atoms with Crippen LogP contribution in [0.3, 0.4) is 0 Å². The molecule has 1 heterocycles. The first-order valence-corrected chi connectivity index (χ1v) is 8.44. The number of alkyl halides is 3. The number of rotatable bonds is 4. The van der Waals surface area contributed by atoms with Gasteiger partial charge in [-0.2, -0.15) is 18.4 Å². The van der Waals surface area contributed by atoms with Gasteiger partial charge in [0.25, 0.3) is 0 Å². The maximum atomic E-state index is 13.0. The Morgan fingerprint density at radius 2 is 1.92 bits per heavy atom. The topological polar surface area (TPSA) is 41.6 Å². The summed E-state index contributed by atoms with van der Waals surface area (Å²) in [5, 5.41) is 9.23. The largest absolute Gasteiger partial charge is 0.416 e. The zero-order valence-corrected chi connectivity index (χ0v) is 14.1. The van der Waals surface area contributed by atoms with Gasteiger partial charge in [0, 0.05) is 0 Å². The van der Waals surface area contributed by atoms with Crippen LogP contribution in [0.2, 0.25) is 0 Å². The molecule has 0 unspecified atom stereocenters. The fraction of sp³-hybridized carbons (Fsp3) is 0.222. The number of hydrogen-bond acceptors (Lipinski definition) is 3. The predicted octanol–water partition coefficient (Wildman–Crippen LogP) is 5.11. The highest BCUT2D eigenvalue weighted by molar-refractivity contribution is 8.00. The van der Waals surface area contributed by atoms with Crippen molar-refractivity contribution in [1.82, 2.24) is 9.55 Å². The number of fused-ring (bicyclic) bond motifs is 1. The van der Waals surface area contributed by atoms with Gasteiger partial charge in [-0.1, -0.05) is 42.1 Å². The van der Waals surface area contributed by atoms with Crippen LogP contribution in [0.1, 0.15) is 18.1 Å². The number of halogens is 3. The van der Waals surface area contributed by atoms with Gasteiger partial charge in [0.1, 0.15) is 0 Å². The molecular weight excluding hydrogens is 347 g/mol. The smallest absolute Gasteiger partial charge is 0.314 e. The molecule has 0 bridgehead atoms. The molecular formula is C18H14F3N3S. The molecule has 0 saturated carbocycles. The SMILES string of the molecule is C[C@H](C#N)Sc1nc2cc(C(F)(F)F)ccc2n1Cc1ccccc1. The van der Waals surface area contributed by atoms with Crippen LogP contribution < -0.4 is 0 Å². The van der Waals surface area contributed by atoms with Crippen molar-refractivity contribution in [3.8, 4) is 6.07 Å². The van der Waals surface area contributed by atoms with Crippen LogP contribution in [0.5, 0.6) is 0 Å². The van der Waals surface area contributed by atoms with Gasteiger partial charge in [-0.15, -0.1) is 0 Å². The van der Waals surface area contributed by atoms with Gasteiger partial charge < -0.3 is 4.57 Å². The van der Waals surface area contributed by atoms with Crippen molar-refractivity contribution in [3.63, 3.8) is 0 Å². The lowest BCUT2D eigenvalue weighted by Crippen LogP contribution is -2.05. The van der Waals surface area contributed by atoms with E-state index in [2.05, 4.69) is 11.1 Å². The minimum absolute atomic E-state index is 0.276. The number of aromatic nitrogens is 2. The summed E-state index contributed by atoms with van der Waals surface area (Å²) in [6, 6.07) is 15.3. The summed E-state index contributed by atoms with van der Waals surface area (Å²) in [4.78, 5) is 4.35. The molecule has 7 heteroatoms. The second kappa shape index (κ2) is 6.81. The van der Waals surface area contributed by atoms with Crippen molar-refractivity contribution >= 4 is 22.8 Å². The standard InChI is InChI=1S/C18H14F3N3S/c1-12(10-22)25-17-23-15-9-14(18(19,20)21)7-8-16(15)24(17)11-13-5-3-2-4-6-13/h2-9,12H,11H2,1H3/t12-/m1/s1. The number of hydrogen-bond donors (Lipinski definition) is 0. The molecule has 0 N–H and O–H groups in total. The normalized spacial score (nSPS) is 12.9. The highest BCUT2D eigenvalue weighted by Gasteiger charge is 2.31. The van der Waals surface area contributed by atoms with Crippen molar-refractivity contribution in [2.45, 2.75) is 30.1 Å². The molecule has 0 aliphatic heterocycles. The Balaban J connectivity index is 2.10. The van der Waals surface area contributed by atoms with Gasteiger partial charge in [0.15, 0.2) is 5.16 Å². The minimum Gasteiger partial charge on any atom is -0.314 e. The molecule has 3 nitrogen and oxygen atoms in total. The van der Waals surface area contributed by atoms with Gasteiger partial charge in [-0.3, -0.25) is 0 Å². The quantitative estimate of drug-likeness (QED) is 0.607. The summed E-state index contributed by atoms with van der Waals surface area (Å²) in [7, 11) is 0. The molecule has 0 spiro atoms. The van der Waals surface area contributed by atoms with Crippen LogP contribution in [-0.2, 0) is 12.7 Å². The molecule has 0 aliphatic rings. The van der Waals surface area contributed by atoms with E-state index in [4.69, 9.17) is 5.26 Å². The minimum atomic E-state index is -4.41. The summed E-state index contributed by atoms with van der Waals surface area (Å²) >= 11 is 1.24. The molecule has 0 amide bonds. The van der Waals surface area contributed by atoms with E-state index in [0.29, 0.717) is 17.2 Å². The first-order valence-electron chi connectivity index (χ1n) is 7.56. The predicted molar refractivity (Wildman–Crippen MR) is 91.2 cm³/mol. The average molecular weight is 361 g/mol. The molecule has 1 aromatic heterocycles. The van der Waals surface area contributed by atoms with Crippen molar-refractivity contribution in [3.05, 3.63) is 59.7 Å². The number of imidazole rings is 1.